The molecule has 1 heterocycles. The Bertz CT molecular complexity index is 671. The molecule has 1 aromatic carbocycles. The largest absolute Gasteiger partial charge is 0.493 e. The lowest BCUT2D eigenvalue weighted by atomic mass is 10.1. The summed E-state index contributed by atoms with van der Waals surface area (Å²) in [6, 6.07) is 8.26. The Morgan fingerprint density at radius 1 is 1.23 bits per heavy atom. The van der Waals surface area contributed by atoms with Gasteiger partial charge in [-0.3, -0.25) is 14.6 Å². The van der Waals surface area contributed by atoms with Crippen LogP contribution in [0.1, 0.15) is 17.3 Å². The van der Waals surface area contributed by atoms with E-state index in [4.69, 9.17) is 9.47 Å². The van der Waals surface area contributed by atoms with E-state index in [0.717, 1.165) is 0 Å². The maximum Gasteiger partial charge on any atom is 0.262 e. The van der Waals surface area contributed by atoms with Crippen LogP contribution in [0.4, 0.5) is 5.69 Å². The van der Waals surface area contributed by atoms with E-state index in [9.17, 15) is 9.59 Å². The summed E-state index contributed by atoms with van der Waals surface area (Å²) in [6.45, 7) is 1.29. The van der Waals surface area contributed by atoms with E-state index in [0.29, 0.717) is 22.7 Å². The molecule has 0 atom stereocenters. The molecule has 1 N–H and O–H groups in total. The van der Waals surface area contributed by atoms with E-state index in [1.165, 1.54) is 14.0 Å². The minimum Gasteiger partial charge on any atom is -0.493 e. The number of methoxy groups -OCH3 is 1. The third kappa shape index (κ3) is 4.05. The molecule has 0 aliphatic heterocycles. The number of aromatic nitrogens is 1. The highest BCUT2D eigenvalue weighted by Gasteiger charge is 2.10. The Hall–Kier alpha value is -2.89. The number of nitrogens with one attached hydrogen (secondary N) is 1. The number of ketones is 1. The van der Waals surface area contributed by atoms with E-state index in [1.54, 1.807) is 42.7 Å². The quantitative estimate of drug-likeness (QED) is 0.828. The van der Waals surface area contributed by atoms with Crippen LogP contribution in [0.5, 0.6) is 11.5 Å². The van der Waals surface area contributed by atoms with Crippen molar-refractivity contribution in [3.05, 3.63) is 48.3 Å². The van der Waals surface area contributed by atoms with E-state index >= 15 is 0 Å². The summed E-state index contributed by atoms with van der Waals surface area (Å²) in [5, 5.41) is 2.66. The molecular weight excluding hydrogens is 284 g/mol. The number of carbonyl (C=O) groups excluding carboxylic acids is 2. The molecule has 1 amide bonds. The molecule has 0 unspecified atom stereocenters. The Morgan fingerprint density at radius 3 is 2.68 bits per heavy atom. The van der Waals surface area contributed by atoms with Gasteiger partial charge in [0.05, 0.1) is 19.0 Å². The predicted octanol–water partition coefficient (Wildman–Crippen LogP) is 2.31. The van der Waals surface area contributed by atoms with Crippen molar-refractivity contribution >= 4 is 17.4 Å². The monoisotopic (exact) mass is 300 g/mol. The van der Waals surface area contributed by atoms with E-state index in [1.807, 2.05) is 0 Å². The summed E-state index contributed by atoms with van der Waals surface area (Å²) in [6.07, 6.45) is 3.16. The number of Topliss-reactive ketones (excluding diaryl/α,β-unsaturated/α-hetero) is 1. The minimum atomic E-state index is -0.314. The second-order valence-electron chi connectivity index (χ2n) is 4.50. The van der Waals surface area contributed by atoms with Gasteiger partial charge >= 0.3 is 0 Å². The molecule has 2 aromatic rings. The second-order valence-corrected chi connectivity index (χ2v) is 4.50. The van der Waals surface area contributed by atoms with Crippen molar-refractivity contribution in [2.75, 3.05) is 19.0 Å². The van der Waals surface area contributed by atoms with Gasteiger partial charge < -0.3 is 14.8 Å². The molecule has 0 aliphatic carbocycles. The van der Waals surface area contributed by atoms with E-state index in [2.05, 4.69) is 10.3 Å². The molecule has 2 rings (SSSR count). The second kappa shape index (κ2) is 7.21. The lowest BCUT2D eigenvalue weighted by Crippen LogP contribution is -2.20. The number of hydrogen-bond acceptors (Lipinski definition) is 5. The van der Waals surface area contributed by atoms with Crippen LogP contribution in [-0.4, -0.2) is 30.4 Å². The van der Waals surface area contributed by atoms with Crippen molar-refractivity contribution < 1.29 is 19.1 Å². The van der Waals surface area contributed by atoms with Crippen LogP contribution in [0.2, 0.25) is 0 Å². The zero-order valence-electron chi connectivity index (χ0n) is 12.3. The highest BCUT2D eigenvalue weighted by molar-refractivity contribution is 5.95. The maximum atomic E-state index is 11.8. The van der Waals surface area contributed by atoms with Crippen LogP contribution in [0.15, 0.2) is 42.7 Å². The average molecular weight is 300 g/mol. The van der Waals surface area contributed by atoms with E-state index < -0.39 is 0 Å². The fourth-order valence-corrected chi connectivity index (χ4v) is 1.78. The first-order valence-electron chi connectivity index (χ1n) is 6.62. The van der Waals surface area contributed by atoms with Gasteiger partial charge in [-0.2, -0.15) is 0 Å². The van der Waals surface area contributed by atoms with Crippen molar-refractivity contribution in [3.63, 3.8) is 0 Å². The van der Waals surface area contributed by atoms with Crippen LogP contribution in [0, 0.1) is 0 Å². The van der Waals surface area contributed by atoms with Gasteiger partial charge in [-0.15, -0.1) is 0 Å². The fourth-order valence-electron chi connectivity index (χ4n) is 1.78. The molecule has 6 nitrogen and oxygen atoms in total. The van der Waals surface area contributed by atoms with Gasteiger partial charge in [0.2, 0.25) is 0 Å². The third-order valence-corrected chi connectivity index (χ3v) is 2.87. The van der Waals surface area contributed by atoms with E-state index in [-0.39, 0.29) is 18.3 Å². The molecule has 1 aromatic heterocycles. The standard InChI is InChI=1S/C16H16N2O4/c1-11(19)12-5-6-14(15(8-12)21-2)22-10-16(20)18-13-4-3-7-17-9-13/h3-9H,10H2,1-2H3,(H,18,20). The molecule has 0 saturated carbocycles. The lowest BCUT2D eigenvalue weighted by molar-refractivity contribution is -0.118. The summed E-state index contributed by atoms with van der Waals surface area (Å²) < 4.78 is 10.6. The van der Waals surface area contributed by atoms with Gasteiger partial charge in [0, 0.05) is 11.8 Å². The van der Waals surface area contributed by atoms with Crippen molar-refractivity contribution in [2.45, 2.75) is 6.92 Å². The Labute approximate surface area is 128 Å². The molecule has 0 bridgehead atoms. The van der Waals surface area contributed by atoms with Crippen LogP contribution in [0.3, 0.4) is 0 Å². The van der Waals surface area contributed by atoms with Gasteiger partial charge in [0.25, 0.3) is 5.91 Å². The molecular formula is C16H16N2O4. The summed E-state index contributed by atoms with van der Waals surface area (Å²) in [5.74, 6) is 0.417. The number of nitrogens with zero attached hydrogens (tertiary/aromatic N) is 1. The molecule has 0 spiro atoms. The average Bonchev–Trinajstić information content (AvgIpc) is 2.53. The SMILES string of the molecule is COc1cc(C(C)=O)ccc1OCC(=O)Nc1cccnc1. The molecule has 114 valence electrons. The first kappa shape index (κ1) is 15.5. The number of pyridine rings is 1. The smallest absolute Gasteiger partial charge is 0.262 e. The van der Waals surface area contributed by atoms with Gasteiger partial charge in [-0.05, 0) is 37.3 Å². The summed E-state index contributed by atoms with van der Waals surface area (Å²) in [4.78, 5) is 27.0. The Morgan fingerprint density at radius 2 is 2.05 bits per heavy atom. The van der Waals surface area contributed by atoms with Crippen molar-refractivity contribution in [2.24, 2.45) is 0 Å². The number of benzene rings is 1. The van der Waals surface area contributed by atoms with Crippen molar-refractivity contribution in [3.8, 4) is 11.5 Å². The summed E-state index contributed by atoms with van der Waals surface area (Å²) in [7, 11) is 1.47. The normalized spacial score (nSPS) is 9.91. The van der Waals surface area contributed by atoms with Gasteiger partial charge in [0.15, 0.2) is 23.9 Å². The number of carbonyl (C=O) groups is 2. The molecule has 22 heavy (non-hydrogen) atoms. The molecule has 0 saturated heterocycles. The predicted molar refractivity (Wildman–Crippen MR) is 81.4 cm³/mol. The Kier molecular flexibility index (Phi) is 5.08. The van der Waals surface area contributed by atoms with Crippen molar-refractivity contribution in [1.82, 2.24) is 4.98 Å². The summed E-state index contributed by atoms with van der Waals surface area (Å²) >= 11 is 0. The molecule has 0 fully saturated rings. The first-order chi connectivity index (χ1) is 10.6. The van der Waals surface area contributed by atoms with Crippen LogP contribution < -0.4 is 14.8 Å². The lowest BCUT2D eigenvalue weighted by Gasteiger charge is -2.11. The van der Waals surface area contributed by atoms with Crippen LogP contribution >= 0.6 is 0 Å². The first-order valence-corrected chi connectivity index (χ1v) is 6.62. The zero-order valence-corrected chi connectivity index (χ0v) is 12.3. The Balaban J connectivity index is 1.99. The highest BCUT2D eigenvalue weighted by atomic mass is 16.5. The molecule has 0 aliphatic rings. The maximum absolute atomic E-state index is 11.8. The van der Waals surface area contributed by atoms with Gasteiger partial charge in [0.1, 0.15) is 0 Å². The molecule has 6 heteroatoms. The van der Waals surface area contributed by atoms with Gasteiger partial charge in [-0.1, -0.05) is 0 Å². The third-order valence-electron chi connectivity index (χ3n) is 2.87. The highest BCUT2D eigenvalue weighted by Crippen LogP contribution is 2.28. The van der Waals surface area contributed by atoms with Crippen molar-refractivity contribution in [1.29, 1.82) is 0 Å². The van der Waals surface area contributed by atoms with Gasteiger partial charge in [-0.25, -0.2) is 0 Å². The number of hydrogen-bond donors (Lipinski definition) is 1. The fraction of sp³-hybridized carbons (Fsp3) is 0.188. The zero-order chi connectivity index (χ0) is 15.9. The topological polar surface area (TPSA) is 77.5 Å². The number of anilines is 1. The number of ether oxygens (including phenoxy) is 2. The number of rotatable bonds is 6. The summed E-state index contributed by atoms with van der Waals surface area (Å²) in [5.41, 5.74) is 1.11. The minimum absolute atomic E-state index is 0.0702. The van der Waals surface area contributed by atoms with Crippen LogP contribution in [-0.2, 0) is 4.79 Å². The van der Waals surface area contributed by atoms with Crippen LogP contribution in [0.25, 0.3) is 0 Å². The molecule has 0 radical (unpaired) electrons. The number of amides is 1.